The molecule has 0 radical (unpaired) electrons. The maximum absolute atomic E-state index is 12.2. The first-order valence-electron chi connectivity index (χ1n) is 5.64. The van der Waals surface area contributed by atoms with Crippen molar-refractivity contribution in [3.8, 4) is 0 Å². The van der Waals surface area contributed by atoms with E-state index in [1.54, 1.807) is 43.4 Å². The summed E-state index contributed by atoms with van der Waals surface area (Å²) in [5.74, 6) is -0.0207. The van der Waals surface area contributed by atoms with Crippen LogP contribution < -0.4 is 10.6 Å². The van der Waals surface area contributed by atoms with Gasteiger partial charge in [-0.3, -0.25) is 4.79 Å². The van der Waals surface area contributed by atoms with E-state index >= 15 is 0 Å². The maximum atomic E-state index is 12.2. The zero-order valence-electron chi connectivity index (χ0n) is 10.6. The van der Waals surface area contributed by atoms with Gasteiger partial charge in [-0.25, -0.2) is 0 Å². The summed E-state index contributed by atoms with van der Waals surface area (Å²) < 4.78 is 5.72. The minimum atomic E-state index is -0.271. The minimum absolute atomic E-state index is 0.0143. The highest BCUT2D eigenvalue weighted by Crippen LogP contribution is 2.19. The van der Waals surface area contributed by atoms with Crippen LogP contribution in [-0.4, -0.2) is 24.0 Å². The van der Waals surface area contributed by atoms with Crippen molar-refractivity contribution in [2.75, 3.05) is 11.9 Å². The predicted molar refractivity (Wildman–Crippen MR) is 78.1 cm³/mol. The fraction of sp³-hybridized carbons (Fsp3) is 0.0769. The third-order valence-corrected chi connectivity index (χ3v) is 3.17. The van der Waals surface area contributed by atoms with Crippen molar-refractivity contribution in [1.82, 2.24) is 0 Å². The fourth-order valence-corrected chi connectivity index (χ4v) is 1.93. The Kier molecular flexibility index (Phi) is 4.09. The smallest absolute Gasteiger partial charge is 0.293 e. The Morgan fingerprint density at radius 2 is 1.95 bits per heavy atom. The Labute approximate surface area is 123 Å². The first-order chi connectivity index (χ1) is 9.52. The van der Waals surface area contributed by atoms with Gasteiger partial charge in [0.05, 0.1) is 0 Å². The van der Waals surface area contributed by atoms with Crippen molar-refractivity contribution in [3.63, 3.8) is 0 Å². The van der Waals surface area contributed by atoms with Crippen LogP contribution in [0.3, 0.4) is 0 Å². The van der Waals surface area contributed by atoms with Gasteiger partial charge in [-0.15, -0.1) is 0 Å². The van der Waals surface area contributed by atoms with Gasteiger partial charge in [0.25, 0.3) is 5.91 Å². The summed E-state index contributed by atoms with van der Waals surface area (Å²) in [6, 6.07) is 9.96. The molecular formula is C13H12BrN3O3. The van der Waals surface area contributed by atoms with Crippen LogP contribution in [0.5, 0.6) is 0 Å². The van der Waals surface area contributed by atoms with Gasteiger partial charge in [0, 0.05) is 18.3 Å². The van der Waals surface area contributed by atoms with Gasteiger partial charge in [0.15, 0.2) is 16.3 Å². The molecule has 1 heterocycles. The molecule has 0 saturated heterocycles. The Hall–Kier alpha value is -2.28. The maximum Gasteiger partial charge on any atom is 0.293 e. The van der Waals surface area contributed by atoms with Crippen molar-refractivity contribution >= 4 is 33.4 Å². The molecule has 0 aliphatic heterocycles. The van der Waals surface area contributed by atoms with E-state index in [4.69, 9.17) is 15.4 Å². The number of anilines is 1. The molecule has 0 bridgehead atoms. The van der Waals surface area contributed by atoms with Gasteiger partial charge in [-0.05, 0) is 52.3 Å². The van der Waals surface area contributed by atoms with E-state index in [0.29, 0.717) is 15.9 Å². The molecule has 0 saturated carbocycles. The lowest BCUT2D eigenvalue weighted by atomic mass is 10.2. The molecule has 1 amide bonds. The van der Waals surface area contributed by atoms with E-state index in [1.165, 1.54) is 4.90 Å². The van der Waals surface area contributed by atoms with E-state index in [2.05, 4.69) is 21.1 Å². The summed E-state index contributed by atoms with van der Waals surface area (Å²) in [5, 5.41) is 11.5. The molecule has 1 aromatic carbocycles. The summed E-state index contributed by atoms with van der Waals surface area (Å²) in [6.07, 6.45) is 0. The van der Waals surface area contributed by atoms with Crippen molar-refractivity contribution in [2.24, 2.45) is 10.9 Å². The number of benzene rings is 1. The van der Waals surface area contributed by atoms with Crippen molar-refractivity contribution in [3.05, 3.63) is 52.4 Å². The molecule has 3 N–H and O–H groups in total. The second-order valence-corrected chi connectivity index (χ2v) is 4.78. The number of halogens is 1. The highest BCUT2D eigenvalue weighted by molar-refractivity contribution is 9.10. The summed E-state index contributed by atoms with van der Waals surface area (Å²) in [6.45, 7) is 0. The topological polar surface area (TPSA) is 92.1 Å². The lowest BCUT2D eigenvalue weighted by Crippen LogP contribution is -2.25. The zero-order chi connectivity index (χ0) is 14.7. The van der Waals surface area contributed by atoms with Gasteiger partial charge < -0.3 is 20.3 Å². The number of nitrogens with zero attached hydrogens (tertiary/aromatic N) is 2. The van der Waals surface area contributed by atoms with Crippen molar-refractivity contribution in [2.45, 2.75) is 0 Å². The third-order valence-electron chi connectivity index (χ3n) is 2.75. The van der Waals surface area contributed by atoms with Crippen LogP contribution in [-0.2, 0) is 0 Å². The van der Waals surface area contributed by atoms with Gasteiger partial charge in [0.2, 0.25) is 0 Å². The van der Waals surface area contributed by atoms with Crippen molar-refractivity contribution in [1.29, 1.82) is 0 Å². The molecule has 0 aliphatic rings. The number of amidine groups is 1. The number of hydrogen-bond donors (Lipinski definition) is 2. The average Bonchev–Trinajstić information content (AvgIpc) is 2.91. The number of amides is 1. The van der Waals surface area contributed by atoms with Gasteiger partial charge >= 0.3 is 0 Å². The molecule has 0 atom stereocenters. The third kappa shape index (κ3) is 2.83. The second kappa shape index (κ2) is 5.79. The number of hydrogen-bond acceptors (Lipinski definition) is 4. The molecular weight excluding hydrogens is 326 g/mol. The quantitative estimate of drug-likeness (QED) is 0.389. The number of nitrogens with two attached hydrogens (primary N) is 1. The molecule has 6 nitrogen and oxygen atoms in total. The number of furan rings is 1. The van der Waals surface area contributed by atoms with Gasteiger partial charge in [-0.2, -0.15) is 0 Å². The first kappa shape index (κ1) is 14.1. The Balaban J connectivity index is 2.21. The number of rotatable bonds is 3. The predicted octanol–water partition coefficient (Wildman–Crippen LogP) is 2.41. The van der Waals surface area contributed by atoms with Gasteiger partial charge in [-0.1, -0.05) is 5.16 Å². The molecule has 2 aromatic rings. The normalized spacial score (nSPS) is 11.4. The monoisotopic (exact) mass is 337 g/mol. The number of oxime groups is 1. The summed E-state index contributed by atoms with van der Waals surface area (Å²) in [4.78, 5) is 13.6. The highest BCUT2D eigenvalue weighted by atomic mass is 79.9. The first-order valence-corrected chi connectivity index (χ1v) is 6.43. The molecule has 0 fully saturated rings. The SMILES string of the molecule is CN(C(=O)c1ccc(Br)o1)c1ccc(C(N)=NO)cc1. The van der Waals surface area contributed by atoms with E-state index in [1.807, 2.05) is 0 Å². The Morgan fingerprint density at radius 1 is 1.30 bits per heavy atom. The standard InChI is InChI=1S/C13H12BrN3O3/c1-17(13(18)10-6-7-11(14)20-10)9-4-2-8(3-5-9)12(15)16-19/h2-7,19H,1H3,(H2,15,16). The molecule has 0 aliphatic carbocycles. The summed E-state index contributed by atoms with van der Waals surface area (Å²) >= 11 is 3.15. The zero-order valence-corrected chi connectivity index (χ0v) is 12.2. The molecule has 104 valence electrons. The Bertz CT molecular complexity index is 649. The molecule has 7 heteroatoms. The average molecular weight is 338 g/mol. The van der Waals surface area contributed by atoms with Crippen LogP contribution in [0.25, 0.3) is 0 Å². The van der Waals surface area contributed by atoms with Crippen LogP contribution in [0.1, 0.15) is 16.1 Å². The van der Waals surface area contributed by atoms with Crippen LogP contribution in [0.4, 0.5) is 5.69 Å². The number of carbonyl (C=O) groups excluding carboxylic acids is 1. The lowest BCUT2D eigenvalue weighted by Gasteiger charge is -2.16. The van der Waals surface area contributed by atoms with Crippen LogP contribution in [0.2, 0.25) is 0 Å². The molecule has 0 spiro atoms. The molecule has 1 aromatic heterocycles. The highest BCUT2D eigenvalue weighted by Gasteiger charge is 2.17. The van der Waals surface area contributed by atoms with Gasteiger partial charge in [0.1, 0.15) is 0 Å². The van der Waals surface area contributed by atoms with E-state index in [0.717, 1.165) is 0 Å². The van der Waals surface area contributed by atoms with E-state index in [9.17, 15) is 4.79 Å². The number of carbonyl (C=O) groups is 1. The minimum Gasteiger partial charge on any atom is -0.444 e. The van der Waals surface area contributed by atoms with Crippen LogP contribution in [0, 0.1) is 0 Å². The fourth-order valence-electron chi connectivity index (χ4n) is 1.63. The molecule has 0 unspecified atom stereocenters. The molecule has 20 heavy (non-hydrogen) atoms. The van der Waals surface area contributed by atoms with E-state index < -0.39 is 0 Å². The largest absolute Gasteiger partial charge is 0.444 e. The molecule has 2 rings (SSSR count). The van der Waals surface area contributed by atoms with Crippen LogP contribution in [0.15, 0.2) is 50.6 Å². The van der Waals surface area contributed by atoms with E-state index in [-0.39, 0.29) is 17.5 Å². The lowest BCUT2D eigenvalue weighted by molar-refractivity contribution is 0.0965. The van der Waals surface area contributed by atoms with Crippen LogP contribution >= 0.6 is 15.9 Å². The summed E-state index contributed by atoms with van der Waals surface area (Å²) in [5.41, 5.74) is 6.70. The summed E-state index contributed by atoms with van der Waals surface area (Å²) in [7, 11) is 1.64. The Morgan fingerprint density at radius 3 is 2.45 bits per heavy atom. The van der Waals surface area contributed by atoms with Crippen molar-refractivity contribution < 1.29 is 14.4 Å². The second-order valence-electron chi connectivity index (χ2n) is 4.00.